The van der Waals surface area contributed by atoms with Gasteiger partial charge in [0, 0.05) is 19.5 Å². The molecule has 0 heterocycles. The molecule has 1 atom stereocenters. The topological polar surface area (TPSA) is 49.4 Å². The smallest absolute Gasteiger partial charge is 0.245 e. The lowest BCUT2D eigenvalue weighted by Gasteiger charge is -2.24. The summed E-state index contributed by atoms with van der Waals surface area (Å²) in [5.41, 5.74) is 0. The maximum Gasteiger partial charge on any atom is 0.245 e. The summed E-state index contributed by atoms with van der Waals surface area (Å²) in [6.45, 7) is 9.97. The fourth-order valence-corrected chi connectivity index (χ4v) is 3.03. The van der Waals surface area contributed by atoms with Crippen LogP contribution in [0.2, 0.25) is 0 Å². The van der Waals surface area contributed by atoms with Crippen LogP contribution in [-0.2, 0) is 9.59 Å². The first-order valence-corrected chi connectivity index (χ1v) is 8.38. The molecule has 0 radical (unpaired) electrons. The molecule has 1 fully saturated rings. The van der Waals surface area contributed by atoms with Gasteiger partial charge in [0.05, 0.1) is 0 Å². The molecule has 0 spiro atoms. The van der Waals surface area contributed by atoms with Crippen LogP contribution in [0.1, 0.15) is 51.9 Å². The summed E-state index contributed by atoms with van der Waals surface area (Å²) < 4.78 is 0. The molecule has 22 heavy (non-hydrogen) atoms. The van der Waals surface area contributed by atoms with E-state index in [1.54, 1.807) is 24.0 Å². The zero-order chi connectivity index (χ0) is 16.4. The van der Waals surface area contributed by atoms with E-state index in [1.807, 2.05) is 0 Å². The van der Waals surface area contributed by atoms with Gasteiger partial charge in [-0.3, -0.25) is 9.59 Å². The van der Waals surface area contributed by atoms with Gasteiger partial charge in [0.2, 0.25) is 11.8 Å². The second kappa shape index (κ2) is 10.2. The Morgan fingerprint density at radius 2 is 1.77 bits per heavy atom. The molecule has 0 aromatic rings. The quantitative estimate of drug-likeness (QED) is 0.666. The summed E-state index contributed by atoms with van der Waals surface area (Å²) in [5, 5.41) is 2.82. The van der Waals surface area contributed by atoms with Crippen molar-refractivity contribution in [2.24, 2.45) is 5.92 Å². The zero-order valence-electron chi connectivity index (χ0n) is 13.9. The van der Waals surface area contributed by atoms with Gasteiger partial charge in [0.1, 0.15) is 6.04 Å². The Bertz CT molecular complexity index is 377. The van der Waals surface area contributed by atoms with Gasteiger partial charge in [0.25, 0.3) is 0 Å². The molecule has 0 aromatic carbocycles. The van der Waals surface area contributed by atoms with E-state index in [4.69, 9.17) is 0 Å². The monoisotopic (exact) mass is 306 g/mol. The Hall–Kier alpha value is -1.58. The Morgan fingerprint density at radius 3 is 2.32 bits per heavy atom. The lowest BCUT2D eigenvalue weighted by atomic mass is 9.86. The van der Waals surface area contributed by atoms with Crippen molar-refractivity contribution in [3.63, 3.8) is 0 Å². The second-order valence-corrected chi connectivity index (χ2v) is 6.15. The lowest BCUT2D eigenvalue weighted by molar-refractivity contribution is -0.135. The fourth-order valence-electron chi connectivity index (χ4n) is 3.03. The zero-order valence-corrected chi connectivity index (χ0v) is 13.9. The van der Waals surface area contributed by atoms with Crippen LogP contribution in [0.4, 0.5) is 0 Å². The largest absolute Gasteiger partial charge is 0.345 e. The number of nitrogens with zero attached hydrogens (tertiary/aromatic N) is 1. The highest BCUT2D eigenvalue weighted by Crippen LogP contribution is 2.27. The summed E-state index contributed by atoms with van der Waals surface area (Å²) in [6, 6.07) is -0.501. The average Bonchev–Trinajstić information content (AvgIpc) is 2.53. The first kappa shape index (κ1) is 18.5. The first-order chi connectivity index (χ1) is 10.6. The third-order valence-corrected chi connectivity index (χ3v) is 4.26. The minimum Gasteiger partial charge on any atom is -0.345 e. The van der Waals surface area contributed by atoms with Gasteiger partial charge < -0.3 is 10.2 Å². The summed E-state index contributed by atoms with van der Waals surface area (Å²) >= 11 is 0. The van der Waals surface area contributed by atoms with Gasteiger partial charge in [-0.25, -0.2) is 0 Å². The van der Waals surface area contributed by atoms with E-state index < -0.39 is 6.04 Å². The van der Waals surface area contributed by atoms with Crippen molar-refractivity contribution in [2.75, 3.05) is 13.1 Å². The van der Waals surface area contributed by atoms with Gasteiger partial charge in [-0.2, -0.15) is 0 Å². The summed E-state index contributed by atoms with van der Waals surface area (Å²) in [4.78, 5) is 25.9. The van der Waals surface area contributed by atoms with Crippen LogP contribution in [0.15, 0.2) is 25.3 Å². The normalized spacial score (nSPS) is 16.6. The highest BCUT2D eigenvalue weighted by Gasteiger charge is 2.21. The molecule has 4 heteroatoms. The second-order valence-electron chi connectivity index (χ2n) is 6.15. The van der Waals surface area contributed by atoms with Gasteiger partial charge in [-0.05, 0) is 19.3 Å². The minimum atomic E-state index is -0.501. The van der Waals surface area contributed by atoms with Crippen molar-refractivity contribution in [1.82, 2.24) is 10.2 Å². The van der Waals surface area contributed by atoms with Gasteiger partial charge in [-0.1, -0.05) is 44.3 Å². The number of rotatable bonds is 9. The molecular formula is C18H30N2O2. The van der Waals surface area contributed by atoms with E-state index in [1.165, 1.54) is 32.1 Å². The van der Waals surface area contributed by atoms with E-state index in [-0.39, 0.29) is 11.8 Å². The van der Waals surface area contributed by atoms with Crippen LogP contribution >= 0.6 is 0 Å². The van der Waals surface area contributed by atoms with Crippen LogP contribution in [-0.4, -0.2) is 35.8 Å². The number of nitrogens with one attached hydrogen (secondary N) is 1. The number of hydrogen-bond donors (Lipinski definition) is 1. The number of amides is 2. The molecule has 4 nitrogen and oxygen atoms in total. The van der Waals surface area contributed by atoms with E-state index in [9.17, 15) is 9.59 Å². The molecule has 1 aliphatic carbocycles. The van der Waals surface area contributed by atoms with Crippen molar-refractivity contribution in [3.05, 3.63) is 25.3 Å². The third-order valence-electron chi connectivity index (χ3n) is 4.26. The Kier molecular flexibility index (Phi) is 8.56. The molecule has 1 saturated carbocycles. The number of hydrogen-bond acceptors (Lipinski definition) is 2. The molecule has 1 unspecified atom stereocenters. The summed E-state index contributed by atoms with van der Waals surface area (Å²) in [7, 11) is 0. The molecule has 0 saturated heterocycles. The van der Waals surface area contributed by atoms with Crippen molar-refractivity contribution >= 4 is 11.8 Å². The third kappa shape index (κ3) is 6.46. The fraction of sp³-hybridized carbons (Fsp3) is 0.667. The highest BCUT2D eigenvalue weighted by molar-refractivity contribution is 5.87. The predicted octanol–water partition coefficient (Wildman–Crippen LogP) is 3.05. The van der Waals surface area contributed by atoms with Crippen LogP contribution in [0.25, 0.3) is 0 Å². The lowest BCUT2D eigenvalue weighted by Crippen LogP contribution is -2.47. The molecule has 1 rings (SSSR count). The van der Waals surface area contributed by atoms with E-state index in [2.05, 4.69) is 18.5 Å². The van der Waals surface area contributed by atoms with Crippen LogP contribution in [0.3, 0.4) is 0 Å². The Labute approximate surface area is 134 Å². The standard InChI is InChI=1S/C18H30N2O2/c1-4-13-20(14-5-2)18(22)15(3)19-17(21)12-11-16-9-7-6-8-10-16/h4-5,15-16H,1-2,6-14H2,3H3,(H,19,21). The van der Waals surface area contributed by atoms with Crippen molar-refractivity contribution in [1.29, 1.82) is 0 Å². The van der Waals surface area contributed by atoms with Crippen LogP contribution in [0.5, 0.6) is 0 Å². The maximum atomic E-state index is 12.3. The van der Waals surface area contributed by atoms with Crippen molar-refractivity contribution in [3.8, 4) is 0 Å². The van der Waals surface area contributed by atoms with E-state index in [0.29, 0.717) is 25.4 Å². The number of carbonyl (C=O) groups is 2. The number of carbonyl (C=O) groups excluding carboxylic acids is 2. The summed E-state index contributed by atoms with van der Waals surface area (Å²) in [5.74, 6) is 0.568. The highest BCUT2D eigenvalue weighted by atomic mass is 16.2. The first-order valence-electron chi connectivity index (χ1n) is 8.38. The van der Waals surface area contributed by atoms with Crippen molar-refractivity contribution in [2.45, 2.75) is 57.9 Å². The summed E-state index contributed by atoms with van der Waals surface area (Å²) in [6.07, 6.45) is 11.2. The predicted molar refractivity (Wildman–Crippen MR) is 90.4 cm³/mol. The molecule has 0 bridgehead atoms. The Morgan fingerprint density at radius 1 is 1.18 bits per heavy atom. The molecule has 1 N–H and O–H groups in total. The molecular weight excluding hydrogens is 276 g/mol. The molecule has 124 valence electrons. The SMILES string of the molecule is C=CCN(CC=C)C(=O)C(C)NC(=O)CCC1CCCCC1. The molecule has 0 aromatic heterocycles. The van der Waals surface area contributed by atoms with Crippen LogP contribution < -0.4 is 5.32 Å². The molecule has 2 amide bonds. The van der Waals surface area contributed by atoms with Gasteiger partial charge >= 0.3 is 0 Å². The molecule has 1 aliphatic rings. The van der Waals surface area contributed by atoms with E-state index in [0.717, 1.165) is 6.42 Å². The van der Waals surface area contributed by atoms with Gasteiger partial charge in [-0.15, -0.1) is 13.2 Å². The van der Waals surface area contributed by atoms with E-state index >= 15 is 0 Å². The van der Waals surface area contributed by atoms with Gasteiger partial charge in [0.15, 0.2) is 0 Å². The van der Waals surface area contributed by atoms with Crippen LogP contribution in [0, 0.1) is 5.92 Å². The Balaban J connectivity index is 2.36. The molecule has 0 aliphatic heterocycles. The minimum absolute atomic E-state index is 0.0245. The van der Waals surface area contributed by atoms with Crippen molar-refractivity contribution < 1.29 is 9.59 Å². The maximum absolute atomic E-state index is 12.3. The average molecular weight is 306 g/mol.